The van der Waals surface area contributed by atoms with E-state index in [1.54, 1.807) is 0 Å². The molecule has 0 fully saturated rings. The minimum atomic E-state index is -0.0640. The van der Waals surface area contributed by atoms with Gasteiger partial charge in [0.25, 0.3) is 0 Å². The molecule has 1 aliphatic rings. The molecule has 12 aromatic rings. The van der Waals surface area contributed by atoms with Crippen LogP contribution in [0.15, 0.2) is 218 Å². The molecule has 65 heavy (non-hydrogen) atoms. The summed E-state index contributed by atoms with van der Waals surface area (Å²) in [5, 5.41) is 4.78. The number of fused-ring (bicyclic) bond motifs is 9. The zero-order chi connectivity index (χ0) is 43.2. The first kappa shape index (κ1) is 37.2. The van der Waals surface area contributed by atoms with Crippen molar-refractivity contribution in [3.63, 3.8) is 0 Å². The maximum atomic E-state index is 5.38. The van der Waals surface area contributed by atoms with Crippen molar-refractivity contribution < 1.29 is 0 Å². The predicted octanol–water partition coefficient (Wildman–Crippen LogP) is 15.6. The van der Waals surface area contributed by atoms with Crippen LogP contribution in [-0.4, -0.2) is 19.1 Å². The van der Waals surface area contributed by atoms with E-state index in [4.69, 9.17) is 9.97 Å². The van der Waals surface area contributed by atoms with E-state index in [1.165, 1.54) is 66.0 Å². The number of nitrogens with zero attached hydrogens (tertiary/aromatic N) is 4. The van der Waals surface area contributed by atoms with Crippen molar-refractivity contribution in [1.29, 1.82) is 0 Å². The number of hydrogen-bond acceptors (Lipinski definition) is 2. The second-order valence-electron chi connectivity index (χ2n) is 17.8. The minimum absolute atomic E-state index is 0.0640. The van der Waals surface area contributed by atoms with Gasteiger partial charge in [-0.15, -0.1) is 0 Å². The minimum Gasteiger partial charge on any atom is -0.309 e. The molecule has 3 aromatic heterocycles. The first-order valence-electron chi connectivity index (χ1n) is 22.4. The lowest BCUT2D eigenvalue weighted by Gasteiger charge is -2.22. The third-order valence-corrected chi connectivity index (χ3v) is 13.8. The lowest BCUT2D eigenvalue weighted by Crippen LogP contribution is -2.14. The van der Waals surface area contributed by atoms with Gasteiger partial charge in [0, 0.05) is 55.0 Å². The molecule has 0 amide bonds. The molecule has 9 aromatic carbocycles. The van der Waals surface area contributed by atoms with Crippen molar-refractivity contribution in [2.75, 3.05) is 0 Å². The zero-order valence-electron chi connectivity index (χ0n) is 36.1. The first-order chi connectivity index (χ1) is 32.0. The highest BCUT2D eigenvalue weighted by Gasteiger charge is 2.35. The molecule has 0 atom stereocenters. The molecule has 0 saturated heterocycles. The number of para-hydroxylation sites is 4. The molecule has 4 nitrogen and oxygen atoms in total. The molecular weight excluding hydrogens is 789 g/mol. The van der Waals surface area contributed by atoms with Gasteiger partial charge < -0.3 is 9.13 Å². The van der Waals surface area contributed by atoms with Crippen molar-refractivity contribution in [2.24, 2.45) is 0 Å². The Hall–Kier alpha value is -8.34. The van der Waals surface area contributed by atoms with Crippen molar-refractivity contribution >= 4 is 43.6 Å². The highest BCUT2D eigenvalue weighted by Crippen LogP contribution is 2.49. The fourth-order valence-corrected chi connectivity index (χ4v) is 10.5. The Morgan fingerprint density at radius 1 is 0.323 bits per heavy atom. The second kappa shape index (κ2) is 14.3. The van der Waals surface area contributed by atoms with Crippen LogP contribution in [-0.2, 0) is 5.41 Å². The second-order valence-corrected chi connectivity index (χ2v) is 17.8. The van der Waals surface area contributed by atoms with Gasteiger partial charge in [-0.25, -0.2) is 9.97 Å². The van der Waals surface area contributed by atoms with Crippen LogP contribution in [0, 0.1) is 0 Å². The fraction of sp³-hybridized carbons (Fsp3) is 0.0492. The van der Waals surface area contributed by atoms with Crippen molar-refractivity contribution in [3.8, 4) is 67.5 Å². The molecule has 0 bridgehead atoms. The highest BCUT2D eigenvalue weighted by atomic mass is 15.0. The maximum absolute atomic E-state index is 5.38. The molecule has 0 spiro atoms. The Balaban J connectivity index is 0.966. The topological polar surface area (TPSA) is 35.6 Å². The third-order valence-electron chi connectivity index (χ3n) is 13.8. The zero-order valence-corrected chi connectivity index (χ0v) is 36.1. The van der Waals surface area contributed by atoms with Crippen LogP contribution in [0.1, 0.15) is 25.0 Å². The van der Waals surface area contributed by atoms with E-state index < -0.39 is 0 Å². The molecule has 0 aliphatic heterocycles. The molecule has 0 unspecified atom stereocenters. The van der Waals surface area contributed by atoms with Crippen LogP contribution >= 0.6 is 0 Å². The largest absolute Gasteiger partial charge is 0.309 e. The lowest BCUT2D eigenvalue weighted by atomic mass is 9.81. The van der Waals surface area contributed by atoms with Gasteiger partial charge in [0.2, 0.25) is 0 Å². The van der Waals surface area contributed by atoms with E-state index in [-0.39, 0.29) is 5.41 Å². The summed E-state index contributed by atoms with van der Waals surface area (Å²) in [7, 11) is 0. The molecular formula is C61H42N4. The maximum Gasteiger partial charge on any atom is 0.160 e. The van der Waals surface area contributed by atoms with Crippen LogP contribution in [0.5, 0.6) is 0 Å². The van der Waals surface area contributed by atoms with Gasteiger partial charge in [-0.1, -0.05) is 159 Å². The van der Waals surface area contributed by atoms with Gasteiger partial charge in [-0.2, -0.15) is 0 Å². The summed E-state index contributed by atoms with van der Waals surface area (Å²) in [6.07, 6.45) is 0. The van der Waals surface area contributed by atoms with E-state index in [0.717, 1.165) is 50.5 Å². The normalized spacial score (nSPS) is 12.9. The highest BCUT2D eigenvalue weighted by molar-refractivity contribution is 6.11. The van der Waals surface area contributed by atoms with Crippen LogP contribution in [0.2, 0.25) is 0 Å². The summed E-state index contributed by atoms with van der Waals surface area (Å²) in [5.41, 5.74) is 19.5. The van der Waals surface area contributed by atoms with E-state index in [1.807, 2.05) is 0 Å². The summed E-state index contributed by atoms with van der Waals surface area (Å²) in [4.78, 5) is 10.8. The van der Waals surface area contributed by atoms with E-state index >= 15 is 0 Å². The number of hydrogen-bond donors (Lipinski definition) is 0. The Labute approximate surface area is 377 Å². The molecule has 1 aliphatic carbocycles. The van der Waals surface area contributed by atoms with Crippen LogP contribution < -0.4 is 0 Å². The monoisotopic (exact) mass is 830 g/mol. The van der Waals surface area contributed by atoms with Crippen LogP contribution in [0.25, 0.3) is 111 Å². The number of aromatic nitrogens is 4. The Kier molecular flexibility index (Phi) is 8.22. The molecule has 0 saturated carbocycles. The molecule has 0 N–H and O–H groups in total. The van der Waals surface area contributed by atoms with Gasteiger partial charge in [-0.05, 0) is 106 Å². The van der Waals surface area contributed by atoms with Gasteiger partial charge in [0.15, 0.2) is 5.82 Å². The van der Waals surface area contributed by atoms with Crippen LogP contribution in [0.3, 0.4) is 0 Å². The first-order valence-corrected chi connectivity index (χ1v) is 22.4. The van der Waals surface area contributed by atoms with Gasteiger partial charge >= 0.3 is 0 Å². The molecule has 4 heteroatoms. The summed E-state index contributed by atoms with van der Waals surface area (Å²) in [5.74, 6) is 0.688. The van der Waals surface area contributed by atoms with E-state index in [9.17, 15) is 0 Å². The Morgan fingerprint density at radius 3 is 1.35 bits per heavy atom. The van der Waals surface area contributed by atoms with Crippen molar-refractivity contribution in [2.45, 2.75) is 19.3 Å². The summed E-state index contributed by atoms with van der Waals surface area (Å²) in [6.45, 7) is 4.68. The van der Waals surface area contributed by atoms with Crippen molar-refractivity contribution in [3.05, 3.63) is 230 Å². The molecule has 13 rings (SSSR count). The summed E-state index contributed by atoms with van der Waals surface area (Å²) >= 11 is 0. The summed E-state index contributed by atoms with van der Waals surface area (Å²) < 4.78 is 4.71. The van der Waals surface area contributed by atoms with Gasteiger partial charge in [-0.3, -0.25) is 0 Å². The summed E-state index contributed by atoms with van der Waals surface area (Å²) in [6, 6.07) is 78.8. The Bertz CT molecular complexity index is 3660. The van der Waals surface area contributed by atoms with Gasteiger partial charge in [0.05, 0.1) is 33.5 Å². The van der Waals surface area contributed by atoms with Crippen LogP contribution in [0.4, 0.5) is 0 Å². The standard InChI is InChI=1S/C61H42N4/c1-61(2)52-22-12-9-19-46(52)47-32-29-41(37-53(47)61)39-25-27-40(28-26-39)60-62-54(42-30-33-58-50(35-42)48-20-10-13-23-56(48)64(58)44-15-5-3-6-16-44)38-55(63-60)43-31-34-59-51(36-43)49-21-11-14-24-57(49)65(59)45-17-7-4-8-18-45/h3-38H,1-2H3. The average Bonchev–Trinajstić information content (AvgIpc) is 3.96. The SMILES string of the molecule is CC1(C)c2ccccc2-c2ccc(-c3ccc(-c4nc(-c5ccc6c(c5)c5ccccc5n6-c5ccccc5)cc(-c5ccc6c(c5)c5ccccc5n6-c5ccccc5)n4)cc3)cc21. The number of rotatable bonds is 6. The van der Waals surface area contributed by atoms with Crippen molar-refractivity contribution in [1.82, 2.24) is 19.1 Å². The Morgan fingerprint density at radius 2 is 0.769 bits per heavy atom. The quantitative estimate of drug-likeness (QED) is 0.167. The average molecular weight is 831 g/mol. The molecule has 3 heterocycles. The van der Waals surface area contributed by atoms with E-state index in [2.05, 4.69) is 241 Å². The smallest absolute Gasteiger partial charge is 0.160 e. The lowest BCUT2D eigenvalue weighted by molar-refractivity contribution is 0.660. The molecule has 0 radical (unpaired) electrons. The third kappa shape index (κ3) is 5.84. The van der Waals surface area contributed by atoms with Gasteiger partial charge in [0.1, 0.15) is 0 Å². The number of benzene rings is 9. The van der Waals surface area contributed by atoms with E-state index in [0.29, 0.717) is 5.82 Å². The fourth-order valence-electron chi connectivity index (χ4n) is 10.5. The molecule has 306 valence electrons. The predicted molar refractivity (Wildman–Crippen MR) is 270 cm³/mol.